The van der Waals surface area contributed by atoms with Crippen LogP contribution in [0.5, 0.6) is 0 Å². The molecule has 0 amide bonds. The lowest BCUT2D eigenvalue weighted by Crippen LogP contribution is -2.17. The van der Waals surface area contributed by atoms with E-state index >= 15 is 0 Å². The molecule has 2 aromatic rings. The predicted octanol–water partition coefficient (Wildman–Crippen LogP) is 4.16. The number of thioether (sulfide) groups is 1. The fourth-order valence-corrected chi connectivity index (χ4v) is 2.25. The van der Waals surface area contributed by atoms with Crippen molar-refractivity contribution in [2.45, 2.75) is 31.3 Å². The third kappa shape index (κ3) is 3.40. The van der Waals surface area contributed by atoms with Crippen molar-refractivity contribution in [3.05, 3.63) is 53.5 Å². The average Bonchev–Trinajstić information content (AvgIpc) is 2.82. The second-order valence-corrected chi connectivity index (χ2v) is 5.27. The van der Waals surface area contributed by atoms with E-state index in [2.05, 4.69) is 42.8 Å². The molecular weight excluding hydrogens is 242 g/mol. The molecule has 0 aliphatic rings. The van der Waals surface area contributed by atoms with Gasteiger partial charge < -0.3 is 9.73 Å². The van der Waals surface area contributed by atoms with Crippen molar-refractivity contribution in [3.8, 4) is 0 Å². The molecule has 1 unspecified atom stereocenters. The Hall–Kier alpha value is -1.19. The SMILES string of the molecule is CSc1ccc(C(C)NCc2ccc(C)o2)cc1. The van der Waals surface area contributed by atoms with Crippen LogP contribution in [0.4, 0.5) is 0 Å². The summed E-state index contributed by atoms with van der Waals surface area (Å²) >= 11 is 1.77. The minimum atomic E-state index is 0.325. The third-order valence-corrected chi connectivity index (χ3v) is 3.74. The summed E-state index contributed by atoms with van der Waals surface area (Å²) in [5.41, 5.74) is 1.30. The number of rotatable bonds is 5. The standard InChI is InChI=1S/C15H19NOS/c1-11-4-7-14(17-11)10-16-12(2)13-5-8-15(18-3)9-6-13/h4-9,12,16H,10H2,1-3H3. The van der Waals surface area contributed by atoms with Crippen LogP contribution in [-0.4, -0.2) is 6.26 Å². The molecule has 0 spiro atoms. The molecule has 1 aromatic heterocycles. The van der Waals surface area contributed by atoms with Crippen molar-refractivity contribution in [1.29, 1.82) is 0 Å². The fourth-order valence-electron chi connectivity index (χ4n) is 1.84. The quantitative estimate of drug-likeness (QED) is 0.818. The Balaban J connectivity index is 1.92. The minimum Gasteiger partial charge on any atom is -0.465 e. The van der Waals surface area contributed by atoms with Crippen molar-refractivity contribution in [1.82, 2.24) is 5.32 Å². The highest BCUT2D eigenvalue weighted by atomic mass is 32.2. The van der Waals surface area contributed by atoms with E-state index in [0.717, 1.165) is 18.1 Å². The topological polar surface area (TPSA) is 25.2 Å². The van der Waals surface area contributed by atoms with Gasteiger partial charge >= 0.3 is 0 Å². The van der Waals surface area contributed by atoms with Gasteiger partial charge in [-0.1, -0.05) is 12.1 Å². The summed E-state index contributed by atoms with van der Waals surface area (Å²) in [6, 6.07) is 13.0. The van der Waals surface area contributed by atoms with Crippen LogP contribution in [0.15, 0.2) is 45.7 Å². The van der Waals surface area contributed by atoms with Crippen molar-refractivity contribution < 1.29 is 4.42 Å². The highest BCUT2D eigenvalue weighted by Crippen LogP contribution is 2.19. The van der Waals surface area contributed by atoms with Gasteiger partial charge in [0.15, 0.2) is 0 Å². The molecule has 0 aliphatic heterocycles. The van der Waals surface area contributed by atoms with E-state index in [1.807, 2.05) is 19.1 Å². The van der Waals surface area contributed by atoms with Gasteiger partial charge in [-0.2, -0.15) is 0 Å². The second-order valence-electron chi connectivity index (χ2n) is 4.39. The zero-order valence-corrected chi connectivity index (χ0v) is 11.9. The molecule has 0 fully saturated rings. The summed E-state index contributed by atoms with van der Waals surface area (Å²) in [7, 11) is 0. The van der Waals surface area contributed by atoms with Crippen molar-refractivity contribution >= 4 is 11.8 Å². The van der Waals surface area contributed by atoms with Crippen LogP contribution in [0.3, 0.4) is 0 Å². The summed E-state index contributed by atoms with van der Waals surface area (Å²) in [5, 5.41) is 3.47. The normalized spacial score (nSPS) is 12.6. The van der Waals surface area contributed by atoms with Gasteiger partial charge in [-0.15, -0.1) is 11.8 Å². The summed E-state index contributed by atoms with van der Waals surface area (Å²) in [4.78, 5) is 1.30. The Kier molecular flexibility index (Phi) is 4.50. The Morgan fingerprint density at radius 3 is 2.44 bits per heavy atom. The first kappa shape index (κ1) is 13.2. The number of benzene rings is 1. The van der Waals surface area contributed by atoms with Gasteiger partial charge in [0.1, 0.15) is 11.5 Å². The molecule has 0 saturated heterocycles. The first-order chi connectivity index (χ1) is 8.69. The van der Waals surface area contributed by atoms with Gasteiger partial charge in [0.05, 0.1) is 6.54 Å². The Labute approximate surface area is 113 Å². The van der Waals surface area contributed by atoms with Gasteiger partial charge in [-0.3, -0.25) is 0 Å². The monoisotopic (exact) mass is 261 g/mol. The lowest BCUT2D eigenvalue weighted by Gasteiger charge is -2.13. The maximum absolute atomic E-state index is 5.54. The maximum atomic E-state index is 5.54. The van der Waals surface area contributed by atoms with E-state index in [1.54, 1.807) is 11.8 Å². The van der Waals surface area contributed by atoms with Crippen molar-refractivity contribution in [2.24, 2.45) is 0 Å². The van der Waals surface area contributed by atoms with Gasteiger partial charge in [0, 0.05) is 10.9 Å². The van der Waals surface area contributed by atoms with Crippen LogP contribution < -0.4 is 5.32 Å². The molecule has 96 valence electrons. The van der Waals surface area contributed by atoms with Gasteiger partial charge in [0.25, 0.3) is 0 Å². The van der Waals surface area contributed by atoms with E-state index in [0.29, 0.717) is 6.04 Å². The van der Waals surface area contributed by atoms with Crippen LogP contribution in [0.2, 0.25) is 0 Å². The molecule has 2 nitrogen and oxygen atoms in total. The molecule has 1 aromatic carbocycles. The van der Waals surface area contributed by atoms with E-state index < -0.39 is 0 Å². The zero-order chi connectivity index (χ0) is 13.0. The van der Waals surface area contributed by atoms with Gasteiger partial charge in [-0.05, 0) is 49.9 Å². The molecule has 2 rings (SSSR count). The molecule has 0 saturated carbocycles. The lowest BCUT2D eigenvalue weighted by atomic mass is 10.1. The van der Waals surface area contributed by atoms with Gasteiger partial charge in [-0.25, -0.2) is 0 Å². The molecule has 0 bridgehead atoms. The molecule has 0 aliphatic carbocycles. The van der Waals surface area contributed by atoms with Crippen LogP contribution in [0.25, 0.3) is 0 Å². The predicted molar refractivity (Wildman–Crippen MR) is 76.9 cm³/mol. The highest BCUT2D eigenvalue weighted by molar-refractivity contribution is 7.98. The summed E-state index contributed by atoms with van der Waals surface area (Å²) in [5.74, 6) is 1.95. The molecule has 1 atom stereocenters. The number of hydrogen-bond donors (Lipinski definition) is 1. The first-order valence-corrected chi connectivity index (χ1v) is 7.34. The minimum absolute atomic E-state index is 0.325. The molecule has 0 radical (unpaired) electrons. The molecule has 18 heavy (non-hydrogen) atoms. The van der Waals surface area contributed by atoms with Crippen molar-refractivity contribution in [3.63, 3.8) is 0 Å². The number of furan rings is 1. The smallest absolute Gasteiger partial charge is 0.117 e. The lowest BCUT2D eigenvalue weighted by molar-refractivity contribution is 0.444. The van der Waals surface area contributed by atoms with Crippen LogP contribution in [-0.2, 0) is 6.54 Å². The van der Waals surface area contributed by atoms with Crippen LogP contribution in [0.1, 0.15) is 30.0 Å². The van der Waals surface area contributed by atoms with E-state index in [4.69, 9.17) is 4.42 Å². The second kappa shape index (κ2) is 6.12. The molecule has 1 heterocycles. The highest BCUT2D eigenvalue weighted by Gasteiger charge is 2.06. The average molecular weight is 261 g/mol. The maximum Gasteiger partial charge on any atom is 0.117 e. The number of nitrogens with one attached hydrogen (secondary N) is 1. The van der Waals surface area contributed by atoms with E-state index in [1.165, 1.54) is 10.5 Å². The summed E-state index contributed by atoms with van der Waals surface area (Å²) in [6.45, 7) is 4.90. The summed E-state index contributed by atoms with van der Waals surface area (Å²) < 4.78 is 5.54. The fraction of sp³-hybridized carbons (Fsp3) is 0.333. The third-order valence-electron chi connectivity index (χ3n) is 2.99. The number of hydrogen-bond acceptors (Lipinski definition) is 3. The molecule has 1 N–H and O–H groups in total. The van der Waals surface area contributed by atoms with E-state index in [-0.39, 0.29) is 0 Å². The Morgan fingerprint density at radius 2 is 1.89 bits per heavy atom. The van der Waals surface area contributed by atoms with Crippen LogP contribution in [0, 0.1) is 6.92 Å². The van der Waals surface area contributed by atoms with Crippen LogP contribution >= 0.6 is 11.8 Å². The Bertz CT molecular complexity index is 489. The van der Waals surface area contributed by atoms with Crippen molar-refractivity contribution in [2.75, 3.05) is 6.26 Å². The first-order valence-electron chi connectivity index (χ1n) is 6.11. The molecular formula is C15H19NOS. The number of aryl methyl sites for hydroxylation is 1. The largest absolute Gasteiger partial charge is 0.465 e. The summed E-state index contributed by atoms with van der Waals surface area (Å²) in [6.07, 6.45) is 2.09. The van der Waals surface area contributed by atoms with Gasteiger partial charge in [0.2, 0.25) is 0 Å². The Morgan fingerprint density at radius 1 is 1.17 bits per heavy atom. The van der Waals surface area contributed by atoms with E-state index in [9.17, 15) is 0 Å². The molecule has 3 heteroatoms. The zero-order valence-electron chi connectivity index (χ0n) is 11.1.